The van der Waals surface area contributed by atoms with Gasteiger partial charge in [0.2, 0.25) is 0 Å². The summed E-state index contributed by atoms with van der Waals surface area (Å²) in [4.78, 5) is 2.53. The molecule has 4 aromatic rings. The number of hydrogen-bond donors (Lipinski definition) is 0. The maximum Gasteiger partial charge on any atom is 0.300 e. The van der Waals surface area contributed by atoms with Crippen LogP contribution in [0, 0.1) is 13.8 Å². The Morgan fingerprint density at radius 1 is 0.607 bits per heavy atom. The Bertz CT molecular complexity index is 1240. The van der Waals surface area contributed by atoms with Crippen molar-refractivity contribution < 1.29 is 17.6 Å². The molecule has 2 aliphatic rings. The van der Waals surface area contributed by atoms with Crippen LogP contribution in [0.5, 0.6) is 0 Å². The highest BCUT2D eigenvalue weighted by molar-refractivity contribution is 7.16. The van der Waals surface area contributed by atoms with E-state index in [1.165, 1.54) is 46.9 Å². The fourth-order valence-corrected chi connectivity index (χ4v) is 6.73. The molecule has 0 aliphatic heterocycles. The first kappa shape index (κ1) is 16.7. The molecule has 2 aromatic heterocycles. The molecule has 6 rings (SSSR count). The summed E-state index contributed by atoms with van der Waals surface area (Å²) >= 11 is 2.58. The van der Waals surface area contributed by atoms with Gasteiger partial charge in [-0.2, -0.15) is 17.6 Å². The quantitative estimate of drug-likeness (QED) is 0.256. The predicted molar refractivity (Wildman–Crippen MR) is 106 cm³/mol. The number of benzene rings is 2. The highest BCUT2D eigenvalue weighted by Crippen LogP contribution is 2.59. The molecular formula is C22H12F4S2. The van der Waals surface area contributed by atoms with Gasteiger partial charge in [-0.05, 0) is 26.0 Å². The molecule has 0 spiro atoms. The van der Waals surface area contributed by atoms with E-state index in [0.29, 0.717) is 20.9 Å². The van der Waals surface area contributed by atoms with Gasteiger partial charge < -0.3 is 0 Å². The smallest absolute Gasteiger partial charge is 0.196 e. The number of rotatable bonds is 0. The number of hydrogen-bond acceptors (Lipinski definition) is 2. The average Bonchev–Trinajstić information content (AvgIpc) is 3.22. The highest BCUT2D eigenvalue weighted by atomic mass is 32.1. The molecular weight excluding hydrogens is 404 g/mol. The third-order valence-corrected chi connectivity index (χ3v) is 7.88. The summed E-state index contributed by atoms with van der Waals surface area (Å²) in [6.45, 7) is 3.58. The number of fused-ring (bicyclic) bond motifs is 4. The maximum absolute atomic E-state index is 15.4. The van der Waals surface area contributed by atoms with E-state index < -0.39 is 11.8 Å². The van der Waals surface area contributed by atoms with E-state index in [1.807, 2.05) is 0 Å². The molecule has 28 heavy (non-hydrogen) atoms. The van der Waals surface area contributed by atoms with Gasteiger partial charge >= 0.3 is 11.8 Å². The lowest BCUT2D eigenvalue weighted by Gasteiger charge is -2.31. The SMILES string of the molecule is Cc1cc2c(s1)-c1ccc3c4c(ccc(c14)C2(F)F)-c1sc(C)cc1C3(F)F. The monoisotopic (exact) mass is 416 g/mol. The highest BCUT2D eigenvalue weighted by Gasteiger charge is 2.48. The van der Waals surface area contributed by atoms with Crippen molar-refractivity contribution in [2.45, 2.75) is 25.7 Å². The van der Waals surface area contributed by atoms with Crippen molar-refractivity contribution >= 4 is 33.4 Å². The molecule has 0 unspecified atom stereocenters. The summed E-state index contributed by atoms with van der Waals surface area (Å²) in [5.74, 6) is -6.41. The molecule has 2 aromatic carbocycles. The summed E-state index contributed by atoms with van der Waals surface area (Å²) in [6.07, 6.45) is 0. The lowest BCUT2D eigenvalue weighted by atomic mass is 9.78. The molecule has 0 bridgehead atoms. The Morgan fingerprint density at radius 2 is 1.00 bits per heavy atom. The van der Waals surface area contributed by atoms with Crippen molar-refractivity contribution in [3.8, 4) is 20.9 Å². The number of halogens is 4. The zero-order valence-electron chi connectivity index (χ0n) is 14.8. The van der Waals surface area contributed by atoms with Crippen molar-refractivity contribution in [3.63, 3.8) is 0 Å². The van der Waals surface area contributed by atoms with Crippen LogP contribution in [0.4, 0.5) is 17.6 Å². The van der Waals surface area contributed by atoms with Crippen LogP contribution in [-0.4, -0.2) is 0 Å². The van der Waals surface area contributed by atoms with Crippen molar-refractivity contribution in [1.29, 1.82) is 0 Å². The van der Waals surface area contributed by atoms with Crippen LogP contribution in [0.3, 0.4) is 0 Å². The molecule has 2 heterocycles. The van der Waals surface area contributed by atoms with E-state index >= 15 is 17.6 Å². The van der Waals surface area contributed by atoms with E-state index in [-0.39, 0.29) is 33.0 Å². The molecule has 0 atom stereocenters. The Hall–Kier alpha value is -2.18. The third kappa shape index (κ3) is 1.77. The summed E-state index contributed by atoms with van der Waals surface area (Å²) < 4.78 is 61.5. The second kappa shape index (κ2) is 4.86. The third-order valence-electron chi connectivity index (χ3n) is 5.71. The van der Waals surface area contributed by atoms with Crippen LogP contribution >= 0.6 is 22.7 Å². The van der Waals surface area contributed by atoms with Crippen molar-refractivity contribution in [3.05, 3.63) is 68.4 Å². The molecule has 0 saturated heterocycles. The summed E-state index contributed by atoms with van der Waals surface area (Å²) in [6, 6.07) is 9.04. The minimum absolute atomic E-state index is 0.0271. The number of alkyl halides is 4. The van der Waals surface area contributed by atoms with Gasteiger partial charge in [-0.15, -0.1) is 22.7 Å². The van der Waals surface area contributed by atoms with Crippen LogP contribution in [0.1, 0.15) is 32.0 Å². The predicted octanol–water partition coefficient (Wildman–Crippen LogP) is 7.82. The number of aryl methyl sites for hydroxylation is 2. The molecule has 0 nitrogen and oxygen atoms in total. The summed E-state index contributed by atoms with van der Waals surface area (Å²) in [5.41, 5.74) is 0.840. The largest absolute Gasteiger partial charge is 0.300 e. The zero-order valence-corrected chi connectivity index (χ0v) is 16.4. The minimum Gasteiger partial charge on any atom is -0.196 e. The second-order valence-electron chi connectivity index (χ2n) is 7.42. The van der Waals surface area contributed by atoms with Crippen molar-refractivity contribution in [1.82, 2.24) is 0 Å². The van der Waals surface area contributed by atoms with E-state index in [4.69, 9.17) is 0 Å². The van der Waals surface area contributed by atoms with Gasteiger partial charge in [-0.1, -0.05) is 24.3 Å². The van der Waals surface area contributed by atoms with E-state index in [9.17, 15) is 0 Å². The first-order valence-electron chi connectivity index (χ1n) is 8.80. The molecule has 0 saturated carbocycles. The van der Waals surface area contributed by atoms with Crippen molar-refractivity contribution in [2.24, 2.45) is 0 Å². The molecule has 6 heteroatoms. The van der Waals surface area contributed by atoms with Gasteiger partial charge in [-0.3, -0.25) is 0 Å². The first-order chi connectivity index (χ1) is 13.2. The fourth-order valence-electron chi connectivity index (χ4n) is 4.58. The Morgan fingerprint density at radius 3 is 1.39 bits per heavy atom. The summed E-state index contributed by atoms with van der Waals surface area (Å²) in [7, 11) is 0. The maximum atomic E-state index is 15.4. The standard InChI is InChI=1S/C22H12F4S2/c1-9-7-15-19(27-9)11-3-5-14-18-12(4-6-13(17(11)18)21(15,23)24)20-16(22(14,25)26)8-10(2)28-20/h3-8H,1-2H3. The van der Waals surface area contributed by atoms with Crippen LogP contribution < -0.4 is 0 Å². The fraction of sp³-hybridized carbons (Fsp3) is 0.182. The van der Waals surface area contributed by atoms with E-state index in [2.05, 4.69) is 0 Å². The van der Waals surface area contributed by atoms with E-state index in [1.54, 1.807) is 26.0 Å². The van der Waals surface area contributed by atoms with E-state index in [0.717, 1.165) is 9.75 Å². The first-order valence-corrected chi connectivity index (χ1v) is 10.4. The second-order valence-corrected chi connectivity index (χ2v) is 9.93. The molecule has 0 fully saturated rings. The van der Waals surface area contributed by atoms with Gasteiger partial charge in [0, 0.05) is 63.7 Å². The van der Waals surface area contributed by atoms with Crippen molar-refractivity contribution in [2.75, 3.05) is 0 Å². The van der Waals surface area contributed by atoms with Crippen LogP contribution in [-0.2, 0) is 11.8 Å². The summed E-state index contributed by atoms with van der Waals surface area (Å²) in [5, 5.41) is 0.538. The zero-order chi connectivity index (χ0) is 19.6. The molecule has 0 amide bonds. The Balaban J connectivity index is 1.86. The van der Waals surface area contributed by atoms with Crippen LogP contribution in [0.25, 0.3) is 31.7 Å². The topological polar surface area (TPSA) is 0 Å². The lowest BCUT2D eigenvalue weighted by Crippen LogP contribution is -2.23. The molecule has 140 valence electrons. The lowest BCUT2D eigenvalue weighted by molar-refractivity contribution is 0.0424. The molecule has 2 aliphatic carbocycles. The van der Waals surface area contributed by atoms with Crippen LogP contribution in [0.15, 0.2) is 36.4 Å². The Labute approximate surface area is 166 Å². The van der Waals surface area contributed by atoms with Gasteiger partial charge in [0.05, 0.1) is 0 Å². The molecule has 0 N–H and O–H groups in total. The van der Waals surface area contributed by atoms with Gasteiger partial charge in [0.1, 0.15) is 0 Å². The van der Waals surface area contributed by atoms with Gasteiger partial charge in [0.15, 0.2) is 0 Å². The normalized spacial score (nSPS) is 17.5. The number of thiophene rings is 2. The van der Waals surface area contributed by atoms with Gasteiger partial charge in [-0.25, -0.2) is 0 Å². The molecule has 0 radical (unpaired) electrons. The minimum atomic E-state index is -3.20. The average molecular weight is 416 g/mol. The van der Waals surface area contributed by atoms with Gasteiger partial charge in [0.25, 0.3) is 0 Å². The Kier molecular flexibility index (Phi) is 2.91. The van der Waals surface area contributed by atoms with Crippen LogP contribution in [0.2, 0.25) is 0 Å².